The Balaban J connectivity index is 2.79. The molecule has 0 saturated heterocycles. The molecule has 0 saturated carbocycles. The third-order valence-electron chi connectivity index (χ3n) is 1.95. The van der Waals surface area contributed by atoms with E-state index < -0.39 is 0 Å². The Kier molecular flexibility index (Phi) is 3.92. The van der Waals surface area contributed by atoms with Crippen LogP contribution in [0, 0.1) is 6.92 Å². The summed E-state index contributed by atoms with van der Waals surface area (Å²) in [6.45, 7) is 4.03. The van der Waals surface area contributed by atoms with Gasteiger partial charge in [-0.15, -0.1) is 0 Å². The SMILES string of the molecule is CCOC(=O)C=Cc1cc(O)ccc1C. The lowest BCUT2D eigenvalue weighted by Crippen LogP contribution is -1.98. The van der Waals surface area contributed by atoms with Gasteiger partial charge in [-0.05, 0) is 43.2 Å². The van der Waals surface area contributed by atoms with E-state index in [1.165, 1.54) is 6.08 Å². The Hall–Kier alpha value is -1.77. The Morgan fingerprint density at radius 3 is 2.93 bits per heavy atom. The Morgan fingerprint density at radius 1 is 1.53 bits per heavy atom. The molecule has 0 aromatic heterocycles. The van der Waals surface area contributed by atoms with Crippen molar-refractivity contribution in [3.8, 4) is 5.75 Å². The molecule has 3 heteroatoms. The summed E-state index contributed by atoms with van der Waals surface area (Å²) in [6.07, 6.45) is 2.98. The van der Waals surface area contributed by atoms with Crippen LogP contribution in [0.1, 0.15) is 18.1 Å². The van der Waals surface area contributed by atoms with Crippen LogP contribution < -0.4 is 0 Å². The maximum Gasteiger partial charge on any atom is 0.330 e. The van der Waals surface area contributed by atoms with E-state index in [0.29, 0.717) is 6.61 Å². The smallest absolute Gasteiger partial charge is 0.330 e. The first-order valence-corrected chi connectivity index (χ1v) is 4.78. The van der Waals surface area contributed by atoms with Crippen molar-refractivity contribution in [3.05, 3.63) is 35.4 Å². The van der Waals surface area contributed by atoms with Gasteiger partial charge in [-0.2, -0.15) is 0 Å². The highest BCUT2D eigenvalue weighted by Gasteiger charge is 1.98. The summed E-state index contributed by atoms with van der Waals surface area (Å²) in [5, 5.41) is 9.26. The van der Waals surface area contributed by atoms with E-state index >= 15 is 0 Å². The summed E-state index contributed by atoms with van der Waals surface area (Å²) in [5.74, 6) is -0.190. The summed E-state index contributed by atoms with van der Waals surface area (Å²) < 4.78 is 4.75. The van der Waals surface area contributed by atoms with Gasteiger partial charge in [-0.1, -0.05) is 6.07 Å². The Morgan fingerprint density at radius 2 is 2.27 bits per heavy atom. The third-order valence-corrected chi connectivity index (χ3v) is 1.95. The third kappa shape index (κ3) is 3.46. The second-order valence-corrected chi connectivity index (χ2v) is 3.13. The zero-order valence-corrected chi connectivity index (χ0v) is 8.86. The number of phenols is 1. The van der Waals surface area contributed by atoms with Crippen molar-refractivity contribution < 1.29 is 14.6 Å². The van der Waals surface area contributed by atoms with Crippen LogP contribution in [0.15, 0.2) is 24.3 Å². The predicted molar refractivity (Wildman–Crippen MR) is 58.5 cm³/mol. The molecule has 0 bridgehead atoms. The Bertz CT molecular complexity index is 380. The standard InChI is InChI=1S/C12H14O3/c1-3-15-12(14)7-5-10-8-11(13)6-4-9(10)2/h4-8,13H,3H2,1-2H3. The number of phenolic OH excluding ortho intramolecular Hbond substituents is 1. The molecule has 1 aromatic carbocycles. The molecule has 0 radical (unpaired) electrons. The van der Waals surface area contributed by atoms with Gasteiger partial charge >= 0.3 is 5.97 Å². The van der Waals surface area contributed by atoms with Gasteiger partial charge < -0.3 is 9.84 Å². The minimum absolute atomic E-state index is 0.184. The molecule has 1 aromatic rings. The number of esters is 1. The summed E-state index contributed by atoms with van der Waals surface area (Å²) in [5.41, 5.74) is 1.80. The minimum Gasteiger partial charge on any atom is -0.508 e. The van der Waals surface area contributed by atoms with Crippen molar-refractivity contribution in [2.45, 2.75) is 13.8 Å². The maximum atomic E-state index is 11.0. The first-order chi connectivity index (χ1) is 7.13. The number of aryl methyl sites for hydroxylation is 1. The Labute approximate surface area is 89.0 Å². The average Bonchev–Trinajstić information content (AvgIpc) is 2.20. The first-order valence-electron chi connectivity index (χ1n) is 4.78. The predicted octanol–water partition coefficient (Wildman–Crippen LogP) is 2.28. The van der Waals surface area contributed by atoms with Crippen molar-refractivity contribution in [1.82, 2.24) is 0 Å². The van der Waals surface area contributed by atoms with Crippen LogP contribution >= 0.6 is 0 Å². The molecule has 3 nitrogen and oxygen atoms in total. The quantitative estimate of drug-likeness (QED) is 0.609. The van der Waals surface area contributed by atoms with Crippen molar-refractivity contribution in [1.29, 1.82) is 0 Å². The number of benzene rings is 1. The van der Waals surface area contributed by atoms with Crippen LogP contribution in [0.4, 0.5) is 0 Å². The number of aromatic hydroxyl groups is 1. The zero-order valence-electron chi connectivity index (χ0n) is 8.86. The molecular formula is C12H14O3. The summed E-state index contributed by atoms with van der Waals surface area (Å²) in [6, 6.07) is 5.00. The molecule has 15 heavy (non-hydrogen) atoms. The highest BCUT2D eigenvalue weighted by atomic mass is 16.5. The van der Waals surface area contributed by atoms with E-state index in [2.05, 4.69) is 0 Å². The van der Waals surface area contributed by atoms with Crippen molar-refractivity contribution in [2.75, 3.05) is 6.61 Å². The molecular weight excluding hydrogens is 192 g/mol. The van der Waals surface area contributed by atoms with E-state index in [1.54, 1.807) is 31.2 Å². The molecule has 0 heterocycles. The van der Waals surface area contributed by atoms with Crippen molar-refractivity contribution in [2.24, 2.45) is 0 Å². The van der Waals surface area contributed by atoms with Crippen LogP contribution in [-0.2, 0) is 9.53 Å². The summed E-state index contributed by atoms with van der Waals surface area (Å²) in [4.78, 5) is 11.0. The van der Waals surface area contributed by atoms with E-state index in [4.69, 9.17) is 4.74 Å². The van der Waals surface area contributed by atoms with Gasteiger partial charge in [0.2, 0.25) is 0 Å². The van der Waals surface area contributed by atoms with Crippen LogP contribution in [0.3, 0.4) is 0 Å². The van der Waals surface area contributed by atoms with E-state index in [1.807, 2.05) is 6.92 Å². The molecule has 0 amide bonds. The van der Waals surface area contributed by atoms with Gasteiger partial charge in [0.1, 0.15) is 5.75 Å². The lowest BCUT2D eigenvalue weighted by atomic mass is 10.1. The number of ether oxygens (including phenoxy) is 1. The monoisotopic (exact) mass is 206 g/mol. The zero-order chi connectivity index (χ0) is 11.3. The van der Waals surface area contributed by atoms with Crippen molar-refractivity contribution in [3.63, 3.8) is 0 Å². The minimum atomic E-state index is -0.375. The first kappa shape index (κ1) is 11.3. The van der Waals surface area contributed by atoms with Gasteiger partial charge in [0.05, 0.1) is 6.61 Å². The largest absolute Gasteiger partial charge is 0.508 e. The van der Waals surface area contributed by atoms with Crippen LogP contribution in [0.25, 0.3) is 6.08 Å². The van der Waals surface area contributed by atoms with Crippen molar-refractivity contribution >= 4 is 12.0 Å². The number of rotatable bonds is 3. The van der Waals surface area contributed by atoms with Gasteiger partial charge in [0.15, 0.2) is 0 Å². The van der Waals surface area contributed by atoms with Crippen LogP contribution in [0.2, 0.25) is 0 Å². The fourth-order valence-electron chi connectivity index (χ4n) is 1.16. The maximum absolute atomic E-state index is 11.0. The molecule has 0 fully saturated rings. The molecule has 80 valence electrons. The second kappa shape index (κ2) is 5.20. The summed E-state index contributed by atoms with van der Waals surface area (Å²) >= 11 is 0. The van der Waals surface area contributed by atoms with Gasteiger partial charge in [-0.3, -0.25) is 0 Å². The fraction of sp³-hybridized carbons (Fsp3) is 0.250. The lowest BCUT2D eigenvalue weighted by molar-refractivity contribution is -0.137. The summed E-state index contributed by atoms with van der Waals surface area (Å²) in [7, 11) is 0. The number of hydrogen-bond donors (Lipinski definition) is 1. The fourth-order valence-corrected chi connectivity index (χ4v) is 1.16. The van der Waals surface area contributed by atoms with Gasteiger partial charge in [0, 0.05) is 6.08 Å². The van der Waals surface area contributed by atoms with Gasteiger partial charge in [-0.25, -0.2) is 4.79 Å². The topological polar surface area (TPSA) is 46.5 Å². The number of carbonyl (C=O) groups excluding carboxylic acids is 1. The molecule has 0 aliphatic rings. The number of carbonyl (C=O) groups is 1. The molecule has 0 aliphatic carbocycles. The van der Waals surface area contributed by atoms with E-state index in [0.717, 1.165) is 11.1 Å². The average molecular weight is 206 g/mol. The molecule has 0 aliphatic heterocycles. The number of hydrogen-bond acceptors (Lipinski definition) is 3. The van der Waals surface area contributed by atoms with Gasteiger partial charge in [0.25, 0.3) is 0 Å². The molecule has 1 N–H and O–H groups in total. The van der Waals surface area contributed by atoms with E-state index in [9.17, 15) is 9.90 Å². The molecule has 1 rings (SSSR count). The van der Waals surface area contributed by atoms with Crippen LogP contribution in [-0.4, -0.2) is 17.7 Å². The molecule has 0 unspecified atom stereocenters. The van der Waals surface area contributed by atoms with Crippen LogP contribution in [0.5, 0.6) is 5.75 Å². The normalized spacial score (nSPS) is 10.5. The lowest BCUT2D eigenvalue weighted by Gasteiger charge is -2.00. The molecule has 0 atom stereocenters. The highest BCUT2D eigenvalue weighted by Crippen LogP contribution is 2.16. The highest BCUT2D eigenvalue weighted by molar-refractivity contribution is 5.87. The second-order valence-electron chi connectivity index (χ2n) is 3.13. The molecule has 0 spiro atoms. The van der Waals surface area contributed by atoms with E-state index in [-0.39, 0.29) is 11.7 Å².